The van der Waals surface area contributed by atoms with Crippen molar-refractivity contribution < 1.29 is 0 Å². The van der Waals surface area contributed by atoms with Crippen molar-refractivity contribution in [2.24, 2.45) is 13.0 Å². The molecule has 1 heterocycles. The third-order valence-corrected chi connectivity index (χ3v) is 4.26. The predicted octanol–water partition coefficient (Wildman–Crippen LogP) is 3.06. The topological polar surface area (TPSA) is 29.9 Å². The van der Waals surface area contributed by atoms with Crippen LogP contribution in [0.25, 0.3) is 0 Å². The predicted molar refractivity (Wildman–Crippen MR) is 76.3 cm³/mol. The lowest BCUT2D eigenvalue weighted by molar-refractivity contribution is 0.382. The van der Waals surface area contributed by atoms with E-state index < -0.39 is 0 Å². The molecule has 0 amide bonds. The van der Waals surface area contributed by atoms with Gasteiger partial charge < -0.3 is 5.32 Å². The summed E-state index contributed by atoms with van der Waals surface area (Å²) in [5.41, 5.74) is 2.37. The van der Waals surface area contributed by atoms with Gasteiger partial charge in [-0.3, -0.25) is 4.68 Å². The van der Waals surface area contributed by atoms with Gasteiger partial charge in [0.1, 0.15) is 0 Å². The fourth-order valence-corrected chi connectivity index (χ4v) is 2.71. The molecule has 0 aromatic carbocycles. The van der Waals surface area contributed by atoms with E-state index in [1.54, 1.807) is 0 Å². The first-order valence-corrected chi connectivity index (χ1v) is 7.18. The maximum Gasteiger partial charge on any atom is 0.0738 e. The van der Waals surface area contributed by atoms with Gasteiger partial charge in [-0.2, -0.15) is 5.10 Å². The second-order valence-electron chi connectivity index (χ2n) is 4.92. The quantitative estimate of drug-likeness (QED) is 0.875. The van der Waals surface area contributed by atoms with Crippen LogP contribution >= 0.6 is 15.9 Å². The molecule has 0 radical (unpaired) electrons. The highest BCUT2D eigenvalue weighted by Crippen LogP contribution is 2.22. The summed E-state index contributed by atoms with van der Waals surface area (Å²) in [6.45, 7) is 9.79. The lowest BCUT2D eigenvalue weighted by atomic mass is 9.98. The Morgan fingerprint density at radius 1 is 1.41 bits per heavy atom. The van der Waals surface area contributed by atoms with E-state index in [0.717, 1.165) is 25.1 Å². The third kappa shape index (κ3) is 3.81. The van der Waals surface area contributed by atoms with Crippen LogP contribution in [0.3, 0.4) is 0 Å². The van der Waals surface area contributed by atoms with Gasteiger partial charge in [-0.05, 0) is 48.2 Å². The number of aromatic nitrogens is 2. The molecule has 1 atom stereocenters. The number of nitrogens with zero attached hydrogens (tertiary/aromatic N) is 2. The molecule has 17 heavy (non-hydrogen) atoms. The van der Waals surface area contributed by atoms with Crippen LogP contribution in [-0.2, 0) is 13.5 Å². The Morgan fingerprint density at radius 3 is 2.47 bits per heavy atom. The SMILES string of the molecule is CCNC(CCc1c(Br)c(C)nn1C)C(C)C. The monoisotopic (exact) mass is 301 g/mol. The molecule has 1 N–H and O–H groups in total. The van der Waals surface area contributed by atoms with Gasteiger partial charge >= 0.3 is 0 Å². The van der Waals surface area contributed by atoms with Gasteiger partial charge in [-0.1, -0.05) is 20.8 Å². The molecule has 98 valence electrons. The van der Waals surface area contributed by atoms with E-state index in [-0.39, 0.29) is 0 Å². The van der Waals surface area contributed by atoms with Crippen LogP contribution in [0, 0.1) is 12.8 Å². The van der Waals surface area contributed by atoms with Crippen molar-refractivity contribution in [3.63, 3.8) is 0 Å². The molecule has 0 spiro atoms. The molecule has 1 aromatic heterocycles. The zero-order valence-corrected chi connectivity index (χ0v) is 13.1. The van der Waals surface area contributed by atoms with Gasteiger partial charge in [0.15, 0.2) is 0 Å². The number of aryl methyl sites for hydroxylation is 2. The average molecular weight is 302 g/mol. The smallest absolute Gasteiger partial charge is 0.0738 e. The molecule has 1 aromatic rings. The Balaban J connectivity index is 2.65. The molecular formula is C13H24BrN3. The summed E-state index contributed by atoms with van der Waals surface area (Å²) in [7, 11) is 2.02. The van der Waals surface area contributed by atoms with Crippen molar-refractivity contribution >= 4 is 15.9 Å². The lowest BCUT2D eigenvalue weighted by Gasteiger charge is -2.21. The number of hydrogen-bond acceptors (Lipinski definition) is 2. The fraction of sp³-hybridized carbons (Fsp3) is 0.769. The van der Waals surface area contributed by atoms with E-state index >= 15 is 0 Å². The molecule has 0 saturated carbocycles. The standard InChI is InChI=1S/C13H24BrN3/c1-6-15-11(9(2)3)7-8-12-13(14)10(4)16-17(12)5/h9,11,15H,6-8H2,1-5H3. The Kier molecular flexibility index (Phi) is 5.67. The number of nitrogens with one attached hydrogen (secondary N) is 1. The van der Waals surface area contributed by atoms with Crippen LogP contribution < -0.4 is 5.32 Å². The zero-order chi connectivity index (χ0) is 13.0. The highest BCUT2D eigenvalue weighted by atomic mass is 79.9. The molecule has 0 fully saturated rings. The lowest BCUT2D eigenvalue weighted by Crippen LogP contribution is -2.34. The second-order valence-corrected chi connectivity index (χ2v) is 5.71. The number of hydrogen-bond donors (Lipinski definition) is 1. The van der Waals surface area contributed by atoms with E-state index in [4.69, 9.17) is 0 Å². The molecular weight excluding hydrogens is 278 g/mol. The molecule has 3 nitrogen and oxygen atoms in total. The first-order valence-electron chi connectivity index (χ1n) is 6.38. The van der Waals surface area contributed by atoms with Crippen LogP contribution in [-0.4, -0.2) is 22.4 Å². The fourth-order valence-electron chi connectivity index (χ4n) is 2.18. The van der Waals surface area contributed by atoms with Crippen molar-refractivity contribution in [2.45, 2.75) is 46.6 Å². The largest absolute Gasteiger partial charge is 0.314 e. The maximum atomic E-state index is 4.43. The van der Waals surface area contributed by atoms with Gasteiger partial charge in [-0.25, -0.2) is 0 Å². The van der Waals surface area contributed by atoms with Crippen LogP contribution in [0.1, 0.15) is 38.6 Å². The van der Waals surface area contributed by atoms with Crippen LogP contribution in [0.5, 0.6) is 0 Å². The summed E-state index contributed by atoms with van der Waals surface area (Å²) in [5, 5.41) is 7.98. The molecule has 0 bridgehead atoms. The van der Waals surface area contributed by atoms with Gasteiger partial charge in [0.05, 0.1) is 15.9 Å². The minimum absolute atomic E-state index is 0.585. The van der Waals surface area contributed by atoms with Gasteiger partial charge in [-0.15, -0.1) is 0 Å². The normalized spacial score (nSPS) is 13.4. The number of rotatable bonds is 6. The molecule has 4 heteroatoms. The van der Waals surface area contributed by atoms with E-state index in [0.29, 0.717) is 12.0 Å². The molecule has 0 saturated heterocycles. The van der Waals surface area contributed by atoms with Gasteiger partial charge in [0, 0.05) is 13.1 Å². The minimum atomic E-state index is 0.585. The first kappa shape index (κ1) is 14.7. The van der Waals surface area contributed by atoms with Gasteiger partial charge in [0.2, 0.25) is 0 Å². The highest BCUT2D eigenvalue weighted by molar-refractivity contribution is 9.10. The van der Waals surface area contributed by atoms with Crippen molar-refractivity contribution in [3.8, 4) is 0 Å². The van der Waals surface area contributed by atoms with Crippen molar-refractivity contribution in [2.75, 3.05) is 6.54 Å². The first-order chi connectivity index (χ1) is 7.97. The Hall–Kier alpha value is -0.350. The molecule has 0 aliphatic carbocycles. The van der Waals surface area contributed by atoms with Crippen molar-refractivity contribution in [1.29, 1.82) is 0 Å². The van der Waals surface area contributed by atoms with Crippen LogP contribution in [0.4, 0.5) is 0 Å². The van der Waals surface area contributed by atoms with Crippen molar-refractivity contribution in [1.82, 2.24) is 15.1 Å². The highest BCUT2D eigenvalue weighted by Gasteiger charge is 2.15. The summed E-state index contributed by atoms with van der Waals surface area (Å²) in [5.74, 6) is 0.669. The Labute approximate surface area is 113 Å². The third-order valence-electron chi connectivity index (χ3n) is 3.22. The summed E-state index contributed by atoms with van der Waals surface area (Å²) in [6.07, 6.45) is 2.22. The summed E-state index contributed by atoms with van der Waals surface area (Å²) < 4.78 is 3.15. The molecule has 0 aliphatic rings. The van der Waals surface area contributed by atoms with E-state index in [1.165, 1.54) is 10.2 Å². The Bertz CT molecular complexity index is 358. The van der Waals surface area contributed by atoms with Gasteiger partial charge in [0.25, 0.3) is 0 Å². The Morgan fingerprint density at radius 2 is 2.06 bits per heavy atom. The van der Waals surface area contributed by atoms with Crippen molar-refractivity contribution in [3.05, 3.63) is 15.9 Å². The summed E-state index contributed by atoms with van der Waals surface area (Å²) in [4.78, 5) is 0. The molecule has 1 rings (SSSR count). The van der Waals surface area contributed by atoms with Crippen LogP contribution in [0.2, 0.25) is 0 Å². The van der Waals surface area contributed by atoms with E-state index in [9.17, 15) is 0 Å². The summed E-state index contributed by atoms with van der Waals surface area (Å²) >= 11 is 3.62. The average Bonchev–Trinajstić information content (AvgIpc) is 2.49. The zero-order valence-electron chi connectivity index (χ0n) is 11.5. The maximum absolute atomic E-state index is 4.43. The molecule has 1 unspecified atom stereocenters. The van der Waals surface area contributed by atoms with E-state index in [2.05, 4.69) is 47.1 Å². The minimum Gasteiger partial charge on any atom is -0.314 e. The molecule has 0 aliphatic heterocycles. The van der Waals surface area contributed by atoms with E-state index in [1.807, 2.05) is 18.7 Å². The summed E-state index contributed by atoms with van der Waals surface area (Å²) in [6, 6.07) is 0.585. The van der Waals surface area contributed by atoms with Crippen LogP contribution in [0.15, 0.2) is 4.47 Å². The number of halogens is 1. The second kappa shape index (κ2) is 6.55.